The Bertz CT molecular complexity index is 1070. The summed E-state index contributed by atoms with van der Waals surface area (Å²) >= 11 is 12.5. The van der Waals surface area contributed by atoms with E-state index in [4.69, 9.17) is 37.9 Å². The maximum Gasteiger partial charge on any atom is 0.148 e. The van der Waals surface area contributed by atoms with E-state index in [1.54, 1.807) is 6.07 Å². The van der Waals surface area contributed by atoms with Crippen LogP contribution in [0.4, 0.5) is 5.82 Å². The molecule has 1 aliphatic rings. The van der Waals surface area contributed by atoms with Crippen LogP contribution in [-0.4, -0.2) is 22.7 Å². The van der Waals surface area contributed by atoms with Gasteiger partial charge in [-0.25, -0.2) is 9.97 Å². The third-order valence-corrected chi connectivity index (χ3v) is 6.07. The lowest BCUT2D eigenvalue weighted by Crippen LogP contribution is -2.26. The van der Waals surface area contributed by atoms with E-state index < -0.39 is 0 Å². The van der Waals surface area contributed by atoms with Crippen molar-refractivity contribution in [2.45, 2.75) is 45.8 Å². The average Bonchev–Trinajstić information content (AvgIpc) is 3.06. The number of nitrogens with one attached hydrogen (secondary N) is 1. The first kappa shape index (κ1) is 21.1. The Balaban J connectivity index is 1.72. The lowest BCUT2D eigenvalue weighted by Gasteiger charge is -2.24. The zero-order chi connectivity index (χ0) is 21.3. The smallest absolute Gasteiger partial charge is 0.148 e. The number of anilines is 1. The summed E-state index contributed by atoms with van der Waals surface area (Å²) in [5, 5.41) is 4.82. The predicted octanol–water partition coefficient (Wildman–Crippen LogP) is 6.44. The van der Waals surface area contributed by atoms with Gasteiger partial charge in [0.1, 0.15) is 5.82 Å². The number of hydrogen-bond donors (Lipinski definition) is 1. The highest BCUT2D eigenvalue weighted by molar-refractivity contribution is 6.36. The van der Waals surface area contributed by atoms with Crippen LogP contribution in [0.1, 0.15) is 42.4 Å². The molecule has 0 saturated heterocycles. The van der Waals surface area contributed by atoms with Crippen LogP contribution in [0.25, 0.3) is 11.3 Å². The van der Waals surface area contributed by atoms with Gasteiger partial charge in [0, 0.05) is 23.6 Å². The molecule has 6 heteroatoms. The molecule has 30 heavy (non-hydrogen) atoms. The first-order valence-corrected chi connectivity index (χ1v) is 11.1. The maximum atomic E-state index is 6.43. The Kier molecular flexibility index (Phi) is 6.28. The van der Waals surface area contributed by atoms with E-state index in [9.17, 15) is 0 Å². The number of hydrogen-bond acceptors (Lipinski definition) is 4. The largest absolute Gasteiger partial charge is 0.376 e. The molecule has 4 rings (SSSR count). The van der Waals surface area contributed by atoms with Gasteiger partial charge >= 0.3 is 0 Å². The lowest BCUT2D eigenvalue weighted by atomic mass is 10.1. The molecule has 4 nitrogen and oxygen atoms in total. The summed E-state index contributed by atoms with van der Waals surface area (Å²) in [5.41, 5.74) is 5.93. The maximum absolute atomic E-state index is 6.43. The summed E-state index contributed by atoms with van der Waals surface area (Å²) in [6.07, 6.45) is 1.72. The second kappa shape index (κ2) is 8.93. The zero-order valence-electron chi connectivity index (χ0n) is 17.4. The molecule has 1 N–H and O–H groups in total. The van der Waals surface area contributed by atoms with Gasteiger partial charge in [0.2, 0.25) is 0 Å². The van der Waals surface area contributed by atoms with E-state index in [0.29, 0.717) is 16.7 Å². The Labute approximate surface area is 187 Å². The van der Waals surface area contributed by atoms with Crippen molar-refractivity contribution >= 4 is 29.0 Å². The molecule has 0 aliphatic heterocycles. The molecule has 0 bridgehead atoms. The number of rotatable bonds is 6. The van der Waals surface area contributed by atoms with Gasteiger partial charge in [-0.1, -0.05) is 54.4 Å². The van der Waals surface area contributed by atoms with E-state index in [0.717, 1.165) is 41.3 Å². The summed E-state index contributed by atoms with van der Waals surface area (Å²) in [6.45, 7) is 6.75. The van der Waals surface area contributed by atoms with Crippen molar-refractivity contribution in [2.24, 2.45) is 0 Å². The Morgan fingerprint density at radius 1 is 1.10 bits per heavy atom. The molecule has 0 amide bonds. The van der Waals surface area contributed by atoms with Crippen LogP contribution in [0.2, 0.25) is 10.0 Å². The minimum absolute atomic E-state index is 0.0464. The minimum atomic E-state index is 0.0464. The highest BCUT2D eigenvalue weighted by Gasteiger charge is 2.33. The number of nitrogens with zero attached hydrogens (tertiary/aromatic N) is 2. The highest BCUT2D eigenvalue weighted by atomic mass is 35.5. The number of fused-ring (bicyclic) bond motifs is 1. The monoisotopic (exact) mass is 441 g/mol. The van der Waals surface area contributed by atoms with E-state index in [2.05, 4.69) is 36.5 Å². The molecule has 0 fully saturated rings. The van der Waals surface area contributed by atoms with E-state index >= 15 is 0 Å². The fraction of sp³-hybridized carbons (Fsp3) is 0.333. The van der Waals surface area contributed by atoms with Crippen LogP contribution >= 0.6 is 23.2 Å². The van der Waals surface area contributed by atoms with Gasteiger partial charge in [0.25, 0.3) is 0 Å². The molecule has 2 atom stereocenters. The number of aromatic nitrogens is 2. The highest BCUT2D eigenvalue weighted by Crippen LogP contribution is 2.37. The van der Waals surface area contributed by atoms with Gasteiger partial charge in [-0.3, -0.25) is 0 Å². The quantitative estimate of drug-likeness (QED) is 0.478. The Morgan fingerprint density at radius 2 is 1.90 bits per heavy atom. The molecule has 2 aromatic carbocycles. The van der Waals surface area contributed by atoms with Crippen molar-refractivity contribution in [3.05, 3.63) is 75.0 Å². The van der Waals surface area contributed by atoms with Gasteiger partial charge in [0.05, 0.1) is 34.3 Å². The summed E-state index contributed by atoms with van der Waals surface area (Å²) < 4.78 is 6.05. The molecule has 1 aromatic heterocycles. The minimum Gasteiger partial charge on any atom is -0.376 e. The summed E-state index contributed by atoms with van der Waals surface area (Å²) in [4.78, 5) is 9.82. The van der Waals surface area contributed by atoms with E-state index in [1.165, 1.54) is 11.1 Å². The number of aryl methyl sites for hydroxylation is 2. The van der Waals surface area contributed by atoms with Crippen LogP contribution in [0, 0.1) is 6.92 Å². The molecule has 3 aromatic rings. The molecule has 0 spiro atoms. The normalized spacial score (nSPS) is 17.8. The van der Waals surface area contributed by atoms with Crippen molar-refractivity contribution < 1.29 is 4.74 Å². The molecule has 1 aliphatic carbocycles. The Morgan fingerprint density at radius 3 is 2.63 bits per heavy atom. The number of halogens is 2. The van der Waals surface area contributed by atoms with Crippen molar-refractivity contribution in [2.75, 3.05) is 11.9 Å². The zero-order valence-corrected chi connectivity index (χ0v) is 18.9. The van der Waals surface area contributed by atoms with Crippen LogP contribution in [0.5, 0.6) is 0 Å². The average molecular weight is 442 g/mol. The van der Waals surface area contributed by atoms with Crippen LogP contribution in [-0.2, 0) is 17.6 Å². The van der Waals surface area contributed by atoms with Crippen LogP contribution in [0.3, 0.4) is 0 Å². The van der Waals surface area contributed by atoms with Crippen molar-refractivity contribution in [1.82, 2.24) is 9.97 Å². The van der Waals surface area contributed by atoms with Crippen molar-refractivity contribution in [3.8, 4) is 11.3 Å². The van der Waals surface area contributed by atoms with Crippen LogP contribution < -0.4 is 5.32 Å². The van der Waals surface area contributed by atoms with E-state index in [-0.39, 0.29) is 12.1 Å². The van der Waals surface area contributed by atoms with Gasteiger partial charge in [0.15, 0.2) is 0 Å². The number of benzene rings is 2. The van der Waals surface area contributed by atoms with Gasteiger partial charge < -0.3 is 10.1 Å². The van der Waals surface area contributed by atoms with Gasteiger partial charge in [-0.2, -0.15) is 0 Å². The topological polar surface area (TPSA) is 47.0 Å². The Hall–Kier alpha value is -2.14. The molecule has 0 saturated carbocycles. The van der Waals surface area contributed by atoms with Crippen molar-refractivity contribution in [3.63, 3.8) is 0 Å². The first-order chi connectivity index (χ1) is 14.5. The molecule has 0 radical (unpaired) electrons. The first-order valence-electron chi connectivity index (χ1n) is 10.3. The summed E-state index contributed by atoms with van der Waals surface area (Å²) in [7, 11) is 0. The van der Waals surface area contributed by atoms with Gasteiger partial charge in [-0.15, -0.1) is 0 Å². The molecular weight excluding hydrogens is 417 g/mol. The molecule has 1 heterocycles. The third-order valence-electron chi connectivity index (χ3n) is 5.52. The molecule has 156 valence electrons. The van der Waals surface area contributed by atoms with E-state index in [1.807, 2.05) is 26.0 Å². The number of ether oxygens (including phenoxy) is 1. The standard InChI is InChI=1S/C24H25Cl2N3O/c1-4-20-24(27-14(3)22(28-20)18-11-10-16(25)13-19(18)26)29-23-17-9-7-6-8-15(17)12-21(23)30-5-2/h6-11,13,21,23H,4-5,12H2,1-3H3,(H,27,29). The predicted molar refractivity (Wildman–Crippen MR) is 124 cm³/mol. The summed E-state index contributed by atoms with van der Waals surface area (Å²) in [5.74, 6) is 0.801. The fourth-order valence-electron chi connectivity index (χ4n) is 4.10. The summed E-state index contributed by atoms with van der Waals surface area (Å²) in [6, 6.07) is 14.0. The fourth-order valence-corrected chi connectivity index (χ4v) is 4.60. The SMILES string of the molecule is CCOC1Cc2ccccc2C1Nc1nc(C)c(-c2ccc(Cl)cc2Cl)nc1CC. The third kappa shape index (κ3) is 4.04. The van der Waals surface area contributed by atoms with Crippen molar-refractivity contribution in [1.29, 1.82) is 0 Å². The van der Waals surface area contributed by atoms with Crippen LogP contribution in [0.15, 0.2) is 42.5 Å². The molecular formula is C24H25Cl2N3O. The second-order valence-corrected chi connectivity index (χ2v) is 8.29. The second-order valence-electron chi connectivity index (χ2n) is 7.45. The van der Waals surface area contributed by atoms with Gasteiger partial charge in [-0.05, 0) is 49.6 Å². The lowest BCUT2D eigenvalue weighted by molar-refractivity contribution is 0.0573. The molecule has 2 unspecified atom stereocenters.